The van der Waals surface area contributed by atoms with Crippen LogP contribution in [0.1, 0.15) is 12.0 Å². The van der Waals surface area contributed by atoms with Crippen molar-refractivity contribution in [3.05, 3.63) is 23.8 Å². The summed E-state index contributed by atoms with van der Waals surface area (Å²) in [6.07, 6.45) is 0.0629. The van der Waals surface area contributed by atoms with Crippen LogP contribution < -0.4 is 9.80 Å². The molecule has 132 valence electrons. The summed E-state index contributed by atoms with van der Waals surface area (Å²) in [5, 5.41) is 0. The van der Waals surface area contributed by atoms with Crippen molar-refractivity contribution in [2.45, 2.75) is 13.3 Å². The zero-order valence-electron chi connectivity index (χ0n) is 13.6. The van der Waals surface area contributed by atoms with Gasteiger partial charge in [0.2, 0.25) is 5.91 Å². The standard InChI is InChI=1S/C16H21FN2O4S/c1-12-8-14(2-3-15(12)18-4-6-23-7-5-18)19-10-13(9-16(19)20)11-24(17,21)22/h2-3,8,13H,4-7,9-11H2,1H3. The number of carbonyl (C=O) groups is 1. The fraction of sp³-hybridized carbons (Fsp3) is 0.562. The van der Waals surface area contributed by atoms with Gasteiger partial charge >= 0.3 is 10.2 Å². The number of halogens is 1. The number of hydrogen-bond donors (Lipinski definition) is 0. The minimum Gasteiger partial charge on any atom is -0.378 e. The molecule has 0 N–H and O–H groups in total. The average molecular weight is 356 g/mol. The zero-order chi connectivity index (χ0) is 17.3. The number of benzene rings is 1. The van der Waals surface area contributed by atoms with Gasteiger partial charge < -0.3 is 14.5 Å². The lowest BCUT2D eigenvalue weighted by Gasteiger charge is -2.30. The Bertz CT molecular complexity index is 732. The number of aryl methyl sites for hydroxylation is 1. The normalized spacial score (nSPS) is 22.2. The van der Waals surface area contributed by atoms with Gasteiger partial charge in [-0.25, -0.2) is 0 Å². The summed E-state index contributed by atoms with van der Waals surface area (Å²) in [6.45, 7) is 5.28. The average Bonchev–Trinajstić information content (AvgIpc) is 2.86. The fourth-order valence-corrected chi connectivity index (χ4v) is 4.18. The number of ether oxygens (including phenoxy) is 1. The van der Waals surface area contributed by atoms with Crippen LogP contribution in [0, 0.1) is 12.8 Å². The molecule has 0 spiro atoms. The Morgan fingerprint density at radius 3 is 2.62 bits per heavy atom. The zero-order valence-corrected chi connectivity index (χ0v) is 14.4. The van der Waals surface area contributed by atoms with Crippen LogP contribution in [0.5, 0.6) is 0 Å². The number of carbonyl (C=O) groups excluding carboxylic acids is 1. The monoisotopic (exact) mass is 356 g/mol. The van der Waals surface area contributed by atoms with Gasteiger partial charge in [-0.3, -0.25) is 4.79 Å². The third-order valence-corrected chi connectivity index (χ3v) is 5.35. The molecule has 0 aliphatic carbocycles. The Balaban J connectivity index is 1.75. The lowest BCUT2D eigenvalue weighted by molar-refractivity contribution is -0.117. The topological polar surface area (TPSA) is 66.9 Å². The highest BCUT2D eigenvalue weighted by molar-refractivity contribution is 7.86. The van der Waals surface area contributed by atoms with Crippen LogP contribution in [0.2, 0.25) is 0 Å². The predicted octanol–water partition coefficient (Wildman–Crippen LogP) is 1.48. The second-order valence-corrected chi connectivity index (χ2v) is 7.76. The Morgan fingerprint density at radius 1 is 1.29 bits per heavy atom. The highest BCUT2D eigenvalue weighted by Gasteiger charge is 2.33. The first kappa shape index (κ1) is 17.2. The fourth-order valence-electron chi connectivity index (χ4n) is 3.39. The van der Waals surface area contributed by atoms with E-state index in [4.69, 9.17) is 4.74 Å². The van der Waals surface area contributed by atoms with Crippen molar-refractivity contribution < 1.29 is 21.8 Å². The van der Waals surface area contributed by atoms with Crippen LogP contribution >= 0.6 is 0 Å². The molecule has 0 saturated carbocycles. The third kappa shape index (κ3) is 3.87. The molecule has 24 heavy (non-hydrogen) atoms. The van der Waals surface area contributed by atoms with E-state index < -0.39 is 21.9 Å². The second kappa shape index (κ2) is 6.68. The number of amides is 1. The van der Waals surface area contributed by atoms with Gasteiger partial charge in [-0.2, -0.15) is 8.42 Å². The molecule has 1 atom stereocenters. The summed E-state index contributed by atoms with van der Waals surface area (Å²) in [4.78, 5) is 15.9. The number of morpholine rings is 1. The number of hydrogen-bond acceptors (Lipinski definition) is 5. The summed E-state index contributed by atoms with van der Waals surface area (Å²) in [6, 6.07) is 5.76. The van der Waals surface area contributed by atoms with Gasteiger partial charge in [-0.05, 0) is 30.7 Å². The molecule has 3 rings (SSSR count). The van der Waals surface area contributed by atoms with E-state index in [9.17, 15) is 17.1 Å². The number of rotatable bonds is 4. The first-order chi connectivity index (χ1) is 11.3. The molecule has 0 bridgehead atoms. The van der Waals surface area contributed by atoms with E-state index in [2.05, 4.69) is 4.90 Å². The molecule has 1 amide bonds. The van der Waals surface area contributed by atoms with E-state index in [1.165, 1.54) is 0 Å². The maximum atomic E-state index is 12.8. The molecule has 2 aliphatic rings. The van der Waals surface area contributed by atoms with Crippen LogP contribution in [0.4, 0.5) is 15.3 Å². The quantitative estimate of drug-likeness (QED) is 0.765. The summed E-state index contributed by atoms with van der Waals surface area (Å²) in [5.41, 5.74) is 2.88. The van der Waals surface area contributed by atoms with E-state index in [1.54, 1.807) is 4.90 Å². The van der Waals surface area contributed by atoms with Gasteiger partial charge in [0, 0.05) is 43.3 Å². The number of nitrogens with zero attached hydrogens (tertiary/aromatic N) is 2. The Morgan fingerprint density at radius 2 is 2.00 bits per heavy atom. The molecule has 2 aliphatic heterocycles. The van der Waals surface area contributed by atoms with Crippen LogP contribution in [0.3, 0.4) is 0 Å². The molecule has 1 aromatic carbocycles. The molecule has 2 heterocycles. The van der Waals surface area contributed by atoms with Crippen molar-refractivity contribution in [1.29, 1.82) is 0 Å². The largest absolute Gasteiger partial charge is 0.378 e. The van der Waals surface area contributed by atoms with Crippen LogP contribution in [-0.2, 0) is 19.8 Å². The molecule has 2 saturated heterocycles. The molecule has 6 nitrogen and oxygen atoms in total. The lowest BCUT2D eigenvalue weighted by Crippen LogP contribution is -2.36. The molecular weight excluding hydrogens is 335 g/mol. The molecule has 2 fully saturated rings. The maximum Gasteiger partial charge on any atom is 0.302 e. The van der Waals surface area contributed by atoms with Crippen molar-refractivity contribution in [2.24, 2.45) is 5.92 Å². The van der Waals surface area contributed by atoms with E-state index in [-0.39, 0.29) is 18.9 Å². The lowest BCUT2D eigenvalue weighted by atomic mass is 10.1. The highest BCUT2D eigenvalue weighted by atomic mass is 32.3. The first-order valence-corrected chi connectivity index (χ1v) is 9.55. The summed E-state index contributed by atoms with van der Waals surface area (Å²) in [7, 11) is -4.56. The minimum atomic E-state index is -4.56. The molecule has 8 heteroatoms. The SMILES string of the molecule is Cc1cc(N2CC(CS(=O)(=O)F)CC2=O)ccc1N1CCOCC1. The van der Waals surface area contributed by atoms with Crippen molar-refractivity contribution in [3.63, 3.8) is 0 Å². The second-order valence-electron chi connectivity index (χ2n) is 6.35. The van der Waals surface area contributed by atoms with Crippen molar-refractivity contribution in [2.75, 3.05) is 48.4 Å². The van der Waals surface area contributed by atoms with E-state index >= 15 is 0 Å². The van der Waals surface area contributed by atoms with Crippen LogP contribution in [-0.4, -0.2) is 52.9 Å². The van der Waals surface area contributed by atoms with E-state index in [1.807, 2.05) is 25.1 Å². The maximum absolute atomic E-state index is 12.8. The van der Waals surface area contributed by atoms with Gasteiger partial charge in [0.15, 0.2) is 0 Å². The first-order valence-electron chi connectivity index (χ1n) is 7.99. The molecule has 0 radical (unpaired) electrons. The Hall–Kier alpha value is -1.67. The highest BCUT2D eigenvalue weighted by Crippen LogP contribution is 2.30. The van der Waals surface area contributed by atoms with Crippen molar-refractivity contribution in [1.82, 2.24) is 0 Å². The number of anilines is 2. The van der Waals surface area contributed by atoms with Gasteiger partial charge in [-0.15, -0.1) is 3.89 Å². The van der Waals surface area contributed by atoms with Crippen LogP contribution in [0.15, 0.2) is 18.2 Å². The summed E-state index contributed by atoms with van der Waals surface area (Å²) >= 11 is 0. The molecule has 1 unspecified atom stereocenters. The van der Waals surface area contributed by atoms with Gasteiger partial charge in [-0.1, -0.05) is 0 Å². The molecule has 1 aromatic rings. The molecular formula is C16H21FN2O4S. The van der Waals surface area contributed by atoms with E-state index in [0.29, 0.717) is 13.2 Å². The van der Waals surface area contributed by atoms with Crippen molar-refractivity contribution in [3.8, 4) is 0 Å². The Labute approximate surface area is 141 Å². The minimum absolute atomic E-state index is 0.0629. The Kier molecular flexibility index (Phi) is 4.78. The van der Waals surface area contributed by atoms with Crippen LogP contribution in [0.25, 0.3) is 0 Å². The van der Waals surface area contributed by atoms with E-state index in [0.717, 1.165) is 30.0 Å². The van der Waals surface area contributed by atoms with Gasteiger partial charge in [0.25, 0.3) is 0 Å². The summed E-state index contributed by atoms with van der Waals surface area (Å²) in [5.74, 6) is -1.26. The third-order valence-electron chi connectivity index (χ3n) is 4.48. The smallest absolute Gasteiger partial charge is 0.302 e. The molecule has 0 aromatic heterocycles. The van der Waals surface area contributed by atoms with Gasteiger partial charge in [0.05, 0.1) is 19.0 Å². The summed E-state index contributed by atoms with van der Waals surface area (Å²) < 4.78 is 39.8. The van der Waals surface area contributed by atoms with Crippen molar-refractivity contribution >= 4 is 27.5 Å². The van der Waals surface area contributed by atoms with Gasteiger partial charge in [0.1, 0.15) is 0 Å². The predicted molar refractivity (Wildman–Crippen MR) is 89.6 cm³/mol.